The SMILES string of the molecule is CC/C=C\C/C=C\C/C=C\C/C=C\C/C=C\CCCCCCCCCCCCCC(=O)OC(COC(=O)CCCCCCCCCCCCCCCCCCCC/C=C\C/C=C\C/C=C\C/C=C\CC)COP(=O)(O)OCCN. The largest absolute Gasteiger partial charge is 0.472 e. The van der Waals surface area contributed by atoms with E-state index < -0.39 is 26.5 Å². The van der Waals surface area contributed by atoms with E-state index in [0.717, 1.165) is 103 Å². The smallest absolute Gasteiger partial charge is 0.462 e. The minimum atomic E-state index is -4.40. The first-order valence-electron chi connectivity index (χ1n) is 32.4. The monoisotopic (exact) mass is 1120 g/mol. The number of carbonyl (C=O) groups is 2. The molecule has 0 aliphatic rings. The van der Waals surface area contributed by atoms with Crippen molar-refractivity contribution in [1.29, 1.82) is 0 Å². The molecule has 0 aromatic heterocycles. The van der Waals surface area contributed by atoms with Gasteiger partial charge in [0.2, 0.25) is 0 Å². The highest BCUT2D eigenvalue weighted by atomic mass is 31.2. The van der Waals surface area contributed by atoms with Crippen LogP contribution < -0.4 is 5.73 Å². The Labute approximate surface area is 486 Å². The van der Waals surface area contributed by atoms with E-state index in [0.29, 0.717) is 6.42 Å². The van der Waals surface area contributed by atoms with Crippen molar-refractivity contribution in [2.75, 3.05) is 26.4 Å². The molecule has 79 heavy (non-hydrogen) atoms. The molecule has 0 spiro atoms. The van der Waals surface area contributed by atoms with Crippen molar-refractivity contribution in [2.24, 2.45) is 5.73 Å². The van der Waals surface area contributed by atoms with Crippen LogP contribution in [0.4, 0.5) is 0 Å². The summed E-state index contributed by atoms with van der Waals surface area (Å²) in [4.78, 5) is 35.3. The van der Waals surface area contributed by atoms with Crippen LogP contribution in [0.5, 0.6) is 0 Å². The number of phosphoric ester groups is 1. The van der Waals surface area contributed by atoms with Crippen LogP contribution in [0.15, 0.2) is 109 Å². The van der Waals surface area contributed by atoms with Crippen molar-refractivity contribution < 1.29 is 37.6 Å². The number of phosphoric acid groups is 1. The van der Waals surface area contributed by atoms with Crippen LogP contribution in [-0.2, 0) is 32.7 Å². The van der Waals surface area contributed by atoms with Crippen molar-refractivity contribution in [3.05, 3.63) is 109 Å². The van der Waals surface area contributed by atoms with E-state index in [9.17, 15) is 19.0 Å². The standard InChI is InChI=1S/C69H120NO8P/c1-3-5-7-9-11-13-15-17-19-21-23-25-27-29-31-32-33-34-36-37-39-41-43-45-47-49-51-53-55-57-59-61-68(71)75-65-67(66-77-79(73,74)76-64-63-70)78-69(72)62-60-58-56-54-52-50-48-46-44-42-40-38-35-30-28-26-24-22-20-18-16-14-12-10-8-6-4-2/h5-8,11-14,17-20,23-26,30,35,67H,3-4,9-10,15-16,21-22,27-29,31-34,36-66,70H2,1-2H3,(H,73,74)/b7-5-,8-6-,13-11-,14-12-,19-17-,20-18-,25-23-,26-24-,35-30-. The number of esters is 2. The van der Waals surface area contributed by atoms with Crippen LogP contribution in [0.3, 0.4) is 0 Å². The molecule has 3 N–H and O–H groups in total. The van der Waals surface area contributed by atoms with E-state index in [-0.39, 0.29) is 38.6 Å². The normalized spacial score (nSPS) is 13.7. The van der Waals surface area contributed by atoms with Gasteiger partial charge in [-0.3, -0.25) is 18.6 Å². The summed E-state index contributed by atoms with van der Waals surface area (Å²) in [5.41, 5.74) is 5.39. The van der Waals surface area contributed by atoms with Gasteiger partial charge in [0.15, 0.2) is 6.10 Å². The van der Waals surface area contributed by atoms with Crippen molar-refractivity contribution in [3.8, 4) is 0 Å². The molecular weight excluding hydrogens is 1000 g/mol. The summed E-state index contributed by atoms with van der Waals surface area (Å²) in [5.74, 6) is -0.826. The average molecular weight is 1120 g/mol. The second kappa shape index (κ2) is 63.8. The van der Waals surface area contributed by atoms with E-state index in [1.54, 1.807) is 0 Å². The zero-order valence-corrected chi connectivity index (χ0v) is 51.7. The van der Waals surface area contributed by atoms with Crippen molar-refractivity contribution in [2.45, 2.75) is 290 Å². The summed E-state index contributed by atoms with van der Waals surface area (Å²) < 4.78 is 33.1. The fourth-order valence-corrected chi connectivity index (χ4v) is 9.72. The van der Waals surface area contributed by atoms with E-state index in [2.05, 4.69) is 123 Å². The number of hydrogen-bond donors (Lipinski definition) is 2. The molecule has 0 heterocycles. The van der Waals surface area contributed by atoms with Gasteiger partial charge in [-0.2, -0.15) is 0 Å². The molecule has 2 atom stereocenters. The third kappa shape index (κ3) is 63.7. The van der Waals surface area contributed by atoms with Crippen molar-refractivity contribution in [1.82, 2.24) is 0 Å². The highest BCUT2D eigenvalue weighted by Gasteiger charge is 2.26. The Morgan fingerprint density at radius 2 is 0.658 bits per heavy atom. The molecule has 9 nitrogen and oxygen atoms in total. The van der Waals surface area contributed by atoms with Gasteiger partial charge in [0.1, 0.15) is 6.61 Å². The molecule has 0 radical (unpaired) electrons. The fraction of sp³-hybridized carbons (Fsp3) is 0.710. The maximum atomic E-state index is 12.7. The molecule has 0 aliphatic carbocycles. The van der Waals surface area contributed by atoms with Gasteiger partial charge in [-0.25, -0.2) is 4.57 Å². The third-order valence-corrected chi connectivity index (χ3v) is 14.6. The maximum absolute atomic E-state index is 12.7. The minimum Gasteiger partial charge on any atom is -0.462 e. The topological polar surface area (TPSA) is 134 Å². The van der Waals surface area contributed by atoms with E-state index in [1.165, 1.54) is 148 Å². The van der Waals surface area contributed by atoms with Crippen molar-refractivity contribution >= 4 is 19.8 Å². The Balaban J connectivity index is 3.91. The second-order valence-corrected chi connectivity index (χ2v) is 22.7. The first-order chi connectivity index (χ1) is 38.8. The molecule has 2 unspecified atom stereocenters. The van der Waals surface area contributed by atoms with Gasteiger partial charge in [0, 0.05) is 19.4 Å². The lowest BCUT2D eigenvalue weighted by Gasteiger charge is -2.19. The number of nitrogens with two attached hydrogens (primary N) is 1. The first-order valence-corrected chi connectivity index (χ1v) is 33.9. The van der Waals surface area contributed by atoms with Gasteiger partial charge in [-0.15, -0.1) is 0 Å². The van der Waals surface area contributed by atoms with Crippen molar-refractivity contribution in [3.63, 3.8) is 0 Å². The summed E-state index contributed by atoms with van der Waals surface area (Å²) in [6.07, 6.45) is 87.3. The van der Waals surface area contributed by atoms with E-state index >= 15 is 0 Å². The molecule has 0 aliphatic heterocycles. The molecule has 0 amide bonds. The highest BCUT2D eigenvalue weighted by molar-refractivity contribution is 7.47. The predicted molar refractivity (Wildman–Crippen MR) is 339 cm³/mol. The molecule has 0 rings (SSSR count). The van der Waals surface area contributed by atoms with Crippen LogP contribution in [-0.4, -0.2) is 49.3 Å². The Hall–Kier alpha value is -3.33. The number of carbonyl (C=O) groups excluding carboxylic acids is 2. The molecule has 0 aromatic carbocycles. The average Bonchev–Trinajstić information content (AvgIpc) is 3.44. The third-order valence-electron chi connectivity index (χ3n) is 13.7. The molecule has 0 saturated heterocycles. The maximum Gasteiger partial charge on any atom is 0.472 e. The fourth-order valence-electron chi connectivity index (χ4n) is 8.95. The molecular formula is C69H120NO8P. The lowest BCUT2D eigenvalue weighted by molar-refractivity contribution is -0.161. The van der Waals surface area contributed by atoms with Gasteiger partial charge in [-0.1, -0.05) is 284 Å². The van der Waals surface area contributed by atoms with Crippen LogP contribution >= 0.6 is 7.82 Å². The predicted octanol–water partition coefficient (Wildman–Crippen LogP) is 21.0. The zero-order valence-electron chi connectivity index (χ0n) is 50.8. The number of ether oxygens (including phenoxy) is 2. The van der Waals surface area contributed by atoms with Gasteiger partial charge in [0.05, 0.1) is 13.2 Å². The molecule has 0 fully saturated rings. The Morgan fingerprint density at radius 1 is 0.380 bits per heavy atom. The highest BCUT2D eigenvalue weighted by Crippen LogP contribution is 2.43. The molecule has 0 saturated carbocycles. The Bertz CT molecular complexity index is 1660. The van der Waals surface area contributed by atoms with Gasteiger partial charge >= 0.3 is 19.8 Å². The Kier molecular flexibility index (Phi) is 61.2. The summed E-state index contributed by atoms with van der Waals surface area (Å²) in [7, 11) is -4.40. The molecule has 10 heteroatoms. The molecule has 0 aromatic rings. The van der Waals surface area contributed by atoms with Crippen LogP contribution in [0.2, 0.25) is 0 Å². The van der Waals surface area contributed by atoms with Crippen LogP contribution in [0.25, 0.3) is 0 Å². The summed E-state index contributed by atoms with van der Waals surface area (Å²) in [6, 6.07) is 0. The van der Waals surface area contributed by atoms with E-state index in [4.69, 9.17) is 24.3 Å². The lowest BCUT2D eigenvalue weighted by Crippen LogP contribution is -2.29. The summed E-state index contributed by atoms with van der Waals surface area (Å²) in [6.45, 7) is 3.54. The first kappa shape index (κ1) is 75.7. The van der Waals surface area contributed by atoms with Gasteiger partial charge in [0.25, 0.3) is 0 Å². The number of rotatable bonds is 60. The zero-order chi connectivity index (χ0) is 57.3. The quantitative estimate of drug-likeness (QED) is 0.0264. The second-order valence-electron chi connectivity index (χ2n) is 21.2. The number of allylic oxidation sites excluding steroid dienone is 18. The van der Waals surface area contributed by atoms with Gasteiger partial charge in [-0.05, 0) is 96.3 Å². The minimum absolute atomic E-state index is 0.0495. The Morgan fingerprint density at radius 3 is 0.975 bits per heavy atom. The molecule has 0 bridgehead atoms. The summed E-state index contributed by atoms with van der Waals surface area (Å²) in [5, 5.41) is 0. The van der Waals surface area contributed by atoms with E-state index in [1.807, 2.05) is 0 Å². The number of hydrogen-bond acceptors (Lipinski definition) is 8. The van der Waals surface area contributed by atoms with Crippen LogP contribution in [0.1, 0.15) is 284 Å². The number of unbranched alkanes of at least 4 members (excludes halogenated alkanes) is 29. The van der Waals surface area contributed by atoms with Crippen LogP contribution in [0, 0.1) is 0 Å². The summed E-state index contributed by atoms with van der Waals surface area (Å²) >= 11 is 0. The van der Waals surface area contributed by atoms with Gasteiger partial charge < -0.3 is 20.1 Å². The lowest BCUT2D eigenvalue weighted by atomic mass is 10.0. The molecule has 454 valence electrons.